The fourth-order valence-corrected chi connectivity index (χ4v) is 6.44. The Hall–Kier alpha value is -4.00. The molecule has 0 saturated carbocycles. The van der Waals surface area contributed by atoms with Gasteiger partial charge in [0.2, 0.25) is 27.7 Å². The Morgan fingerprint density at radius 1 is 0.872 bits per heavy atom. The molecule has 10 nitrogen and oxygen atoms in total. The number of amides is 3. The molecule has 3 amide bonds. The molecule has 1 saturated heterocycles. The molecule has 1 aromatic heterocycles. The number of hydrogen-bond acceptors (Lipinski definition) is 8. The summed E-state index contributed by atoms with van der Waals surface area (Å²) < 4.78 is 37.6. The molecule has 1 atom stereocenters. The third kappa shape index (κ3) is 6.03. The van der Waals surface area contributed by atoms with Gasteiger partial charge in [0.25, 0.3) is 0 Å². The zero-order chi connectivity index (χ0) is 27.4. The van der Waals surface area contributed by atoms with Crippen molar-refractivity contribution in [1.29, 1.82) is 0 Å². The Bertz CT molecular complexity index is 1590. The van der Waals surface area contributed by atoms with Crippen molar-refractivity contribution in [2.45, 2.75) is 23.8 Å². The first-order valence-corrected chi connectivity index (χ1v) is 14.5. The highest BCUT2D eigenvalue weighted by molar-refractivity contribution is 7.89. The summed E-state index contributed by atoms with van der Waals surface area (Å²) in [4.78, 5) is 41.6. The van der Waals surface area contributed by atoms with Gasteiger partial charge in [-0.15, -0.1) is 0 Å². The molecule has 39 heavy (non-hydrogen) atoms. The van der Waals surface area contributed by atoms with E-state index >= 15 is 0 Å². The number of rotatable bonds is 9. The lowest BCUT2D eigenvalue weighted by atomic mass is 10.1. The highest BCUT2D eigenvalue weighted by atomic mass is 32.2. The van der Waals surface area contributed by atoms with Crippen LogP contribution in [0.5, 0.6) is 0 Å². The van der Waals surface area contributed by atoms with Crippen molar-refractivity contribution in [2.24, 2.45) is 0 Å². The summed E-state index contributed by atoms with van der Waals surface area (Å²) in [7, 11) is -4.21. The predicted octanol–water partition coefficient (Wildman–Crippen LogP) is 2.02. The summed E-state index contributed by atoms with van der Waals surface area (Å²) in [5.74, 6) is -1.67. The summed E-state index contributed by atoms with van der Waals surface area (Å²) in [5, 5.41) is 0. The standard InChI is InChI=1S/C27H25N5O5S2/c33-24-17-31(18-25(34)32(24)15-14-19-8-3-1-4-9-19)27(35)22(16-20-10-5-2-6-11-20)30-39(36,37)23-13-7-12-21-26(23)29-38-28-21/h1-13,22,30H,14-18H2/t22-/m0/s1. The number of sulfonamides is 1. The van der Waals surface area contributed by atoms with E-state index in [2.05, 4.69) is 13.5 Å². The highest BCUT2D eigenvalue weighted by Crippen LogP contribution is 2.22. The molecular weight excluding hydrogens is 538 g/mol. The van der Waals surface area contributed by atoms with Crippen molar-refractivity contribution in [3.8, 4) is 0 Å². The average molecular weight is 564 g/mol. The zero-order valence-corrected chi connectivity index (χ0v) is 22.4. The number of nitrogens with one attached hydrogen (secondary N) is 1. The summed E-state index contributed by atoms with van der Waals surface area (Å²) >= 11 is 0.890. The van der Waals surface area contributed by atoms with Gasteiger partial charge < -0.3 is 4.90 Å². The van der Waals surface area contributed by atoms with E-state index in [1.165, 1.54) is 6.07 Å². The summed E-state index contributed by atoms with van der Waals surface area (Å²) in [6.07, 6.45) is 0.528. The molecule has 4 aromatic rings. The first-order valence-electron chi connectivity index (χ1n) is 12.3. The quantitative estimate of drug-likeness (QED) is 0.309. The molecule has 0 aliphatic carbocycles. The number of nitrogens with zero attached hydrogens (tertiary/aromatic N) is 4. The van der Waals surface area contributed by atoms with E-state index in [1.54, 1.807) is 36.4 Å². The van der Waals surface area contributed by atoms with Crippen LogP contribution in [0.15, 0.2) is 83.8 Å². The topological polar surface area (TPSA) is 130 Å². The van der Waals surface area contributed by atoms with Crippen LogP contribution in [-0.2, 0) is 37.2 Å². The first kappa shape index (κ1) is 26.6. The Morgan fingerprint density at radius 2 is 1.51 bits per heavy atom. The van der Waals surface area contributed by atoms with E-state index in [1.807, 2.05) is 36.4 Å². The Morgan fingerprint density at radius 3 is 2.18 bits per heavy atom. The molecule has 0 bridgehead atoms. The van der Waals surface area contributed by atoms with Crippen LogP contribution in [0.4, 0.5) is 0 Å². The van der Waals surface area contributed by atoms with Crippen molar-refractivity contribution in [3.63, 3.8) is 0 Å². The minimum atomic E-state index is -4.21. The number of fused-ring (bicyclic) bond motifs is 1. The second-order valence-electron chi connectivity index (χ2n) is 9.12. The van der Waals surface area contributed by atoms with Gasteiger partial charge in [-0.25, -0.2) is 8.42 Å². The molecule has 0 spiro atoms. The monoisotopic (exact) mass is 563 g/mol. The van der Waals surface area contributed by atoms with Crippen molar-refractivity contribution >= 4 is 50.5 Å². The van der Waals surface area contributed by atoms with Crippen LogP contribution in [0, 0.1) is 0 Å². The van der Waals surface area contributed by atoms with Crippen LogP contribution in [-0.4, -0.2) is 70.4 Å². The molecule has 1 N–H and O–H groups in total. The lowest BCUT2D eigenvalue weighted by molar-refractivity contribution is -0.157. The van der Waals surface area contributed by atoms with Crippen LogP contribution in [0.1, 0.15) is 11.1 Å². The lowest BCUT2D eigenvalue weighted by Gasteiger charge is -2.34. The molecule has 12 heteroatoms. The number of carbonyl (C=O) groups excluding carboxylic acids is 3. The normalized spacial score (nSPS) is 15.1. The highest BCUT2D eigenvalue weighted by Gasteiger charge is 2.37. The minimum absolute atomic E-state index is 0.0286. The second-order valence-corrected chi connectivity index (χ2v) is 11.3. The summed E-state index contributed by atoms with van der Waals surface area (Å²) in [6, 6.07) is 21.8. The zero-order valence-electron chi connectivity index (χ0n) is 20.8. The van der Waals surface area contributed by atoms with Gasteiger partial charge in [-0.2, -0.15) is 13.5 Å². The van der Waals surface area contributed by atoms with Crippen molar-refractivity contribution in [1.82, 2.24) is 23.3 Å². The minimum Gasteiger partial charge on any atom is -0.323 e. The molecule has 3 aromatic carbocycles. The van der Waals surface area contributed by atoms with E-state index in [0.29, 0.717) is 17.5 Å². The molecular formula is C27H25N5O5S2. The lowest BCUT2D eigenvalue weighted by Crippen LogP contribution is -2.59. The van der Waals surface area contributed by atoms with Gasteiger partial charge in [0.05, 0.1) is 11.7 Å². The maximum atomic E-state index is 13.7. The molecule has 1 aliphatic rings. The number of piperazine rings is 1. The number of carbonyl (C=O) groups is 3. The largest absolute Gasteiger partial charge is 0.323 e. The Labute approximate surface area is 229 Å². The maximum absolute atomic E-state index is 13.7. The van der Waals surface area contributed by atoms with Gasteiger partial charge in [0, 0.05) is 6.54 Å². The van der Waals surface area contributed by atoms with Gasteiger partial charge in [-0.05, 0) is 36.1 Å². The Kier molecular flexibility index (Phi) is 7.77. The van der Waals surface area contributed by atoms with Gasteiger partial charge >= 0.3 is 0 Å². The molecule has 0 radical (unpaired) electrons. The predicted molar refractivity (Wildman–Crippen MR) is 145 cm³/mol. The van der Waals surface area contributed by atoms with Crippen molar-refractivity contribution < 1.29 is 22.8 Å². The third-order valence-electron chi connectivity index (χ3n) is 6.45. The van der Waals surface area contributed by atoms with E-state index in [0.717, 1.165) is 27.1 Å². The molecule has 1 fully saturated rings. The van der Waals surface area contributed by atoms with Crippen LogP contribution in [0.25, 0.3) is 11.0 Å². The first-order chi connectivity index (χ1) is 18.8. The number of benzene rings is 3. The van der Waals surface area contributed by atoms with Crippen LogP contribution < -0.4 is 4.72 Å². The fraction of sp³-hybridized carbons (Fsp3) is 0.222. The van der Waals surface area contributed by atoms with E-state index in [-0.39, 0.29) is 36.5 Å². The smallest absolute Gasteiger partial charge is 0.248 e. The fourth-order valence-electron chi connectivity index (χ4n) is 4.48. The summed E-state index contributed by atoms with van der Waals surface area (Å²) in [5.41, 5.74) is 2.33. The van der Waals surface area contributed by atoms with E-state index < -0.39 is 33.8 Å². The molecule has 5 rings (SSSR count). The third-order valence-corrected chi connectivity index (χ3v) is 8.50. The maximum Gasteiger partial charge on any atom is 0.248 e. The number of aromatic nitrogens is 2. The van der Waals surface area contributed by atoms with Gasteiger partial charge in [-0.1, -0.05) is 66.7 Å². The Balaban J connectivity index is 1.35. The molecule has 2 heterocycles. The summed E-state index contributed by atoms with van der Waals surface area (Å²) in [6.45, 7) is -0.439. The SMILES string of the molecule is O=C([C@H](Cc1ccccc1)NS(=O)(=O)c1cccc2nsnc12)N1CC(=O)N(CCc2ccccc2)C(=O)C1. The van der Waals surface area contributed by atoms with E-state index in [9.17, 15) is 22.8 Å². The van der Waals surface area contributed by atoms with Crippen LogP contribution in [0.3, 0.4) is 0 Å². The average Bonchev–Trinajstić information content (AvgIpc) is 3.42. The van der Waals surface area contributed by atoms with Crippen molar-refractivity contribution in [3.05, 3.63) is 90.0 Å². The van der Waals surface area contributed by atoms with Crippen LogP contribution >= 0.6 is 11.7 Å². The van der Waals surface area contributed by atoms with Gasteiger partial charge in [0.1, 0.15) is 35.1 Å². The number of hydrogen-bond donors (Lipinski definition) is 1. The molecule has 0 unspecified atom stereocenters. The van der Waals surface area contributed by atoms with Gasteiger partial charge in [0.15, 0.2) is 0 Å². The van der Waals surface area contributed by atoms with Crippen LogP contribution in [0.2, 0.25) is 0 Å². The van der Waals surface area contributed by atoms with E-state index in [4.69, 9.17) is 0 Å². The molecule has 200 valence electrons. The number of imide groups is 1. The second kappa shape index (κ2) is 11.4. The van der Waals surface area contributed by atoms with Gasteiger partial charge in [-0.3, -0.25) is 19.3 Å². The molecule has 1 aliphatic heterocycles. The van der Waals surface area contributed by atoms with Crippen molar-refractivity contribution in [2.75, 3.05) is 19.6 Å².